The first-order valence-corrected chi connectivity index (χ1v) is 7.68. The summed E-state index contributed by atoms with van der Waals surface area (Å²) < 4.78 is 0. The van der Waals surface area contributed by atoms with E-state index in [2.05, 4.69) is 24.1 Å². The molecule has 1 saturated carbocycles. The lowest BCUT2D eigenvalue weighted by Crippen LogP contribution is -2.47. The van der Waals surface area contributed by atoms with Crippen LogP contribution in [0.5, 0.6) is 0 Å². The van der Waals surface area contributed by atoms with Crippen LogP contribution in [0.25, 0.3) is 0 Å². The second-order valence-corrected chi connectivity index (χ2v) is 6.32. The first kappa shape index (κ1) is 13.9. The summed E-state index contributed by atoms with van der Waals surface area (Å²) in [7, 11) is 0. The second kappa shape index (κ2) is 6.55. The third-order valence-electron chi connectivity index (χ3n) is 4.61. The molecule has 1 aliphatic heterocycles. The topological polar surface area (TPSA) is 32.3 Å². The van der Waals surface area contributed by atoms with Crippen molar-refractivity contribution in [3.63, 3.8) is 0 Å². The molecule has 18 heavy (non-hydrogen) atoms. The Morgan fingerprint density at radius 2 is 2.00 bits per heavy atom. The van der Waals surface area contributed by atoms with Gasteiger partial charge in [0.25, 0.3) is 0 Å². The smallest absolute Gasteiger partial charge is 0.223 e. The maximum atomic E-state index is 12.0. The average Bonchev–Trinajstić information content (AvgIpc) is 2.89. The minimum Gasteiger partial charge on any atom is -0.354 e. The van der Waals surface area contributed by atoms with Crippen LogP contribution < -0.4 is 5.32 Å². The van der Waals surface area contributed by atoms with Crippen molar-refractivity contribution in [2.45, 2.75) is 58.4 Å². The number of piperidine rings is 1. The predicted molar refractivity (Wildman–Crippen MR) is 74.4 cm³/mol. The molecule has 1 N–H and O–H groups in total. The van der Waals surface area contributed by atoms with E-state index >= 15 is 0 Å². The van der Waals surface area contributed by atoms with Crippen molar-refractivity contribution in [2.75, 3.05) is 19.6 Å². The van der Waals surface area contributed by atoms with E-state index in [1.165, 1.54) is 38.8 Å². The number of carbonyl (C=O) groups excluding carboxylic acids is 1. The van der Waals surface area contributed by atoms with Gasteiger partial charge in [0.15, 0.2) is 0 Å². The lowest BCUT2D eigenvalue weighted by Gasteiger charge is -2.35. The Labute approximate surface area is 111 Å². The first-order chi connectivity index (χ1) is 8.66. The van der Waals surface area contributed by atoms with Gasteiger partial charge in [-0.3, -0.25) is 9.69 Å². The summed E-state index contributed by atoms with van der Waals surface area (Å²) in [6.45, 7) is 7.79. The van der Waals surface area contributed by atoms with Crippen LogP contribution in [0.2, 0.25) is 0 Å². The van der Waals surface area contributed by atoms with E-state index in [1.807, 2.05) is 0 Å². The molecule has 1 saturated heterocycles. The van der Waals surface area contributed by atoms with Gasteiger partial charge in [0.2, 0.25) is 5.91 Å². The maximum absolute atomic E-state index is 12.0. The molecule has 0 spiro atoms. The number of nitrogens with zero attached hydrogens (tertiary/aromatic N) is 1. The van der Waals surface area contributed by atoms with Crippen molar-refractivity contribution in [3.8, 4) is 0 Å². The zero-order valence-electron chi connectivity index (χ0n) is 12.0. The van der Waals surface area contributed by atoms with Gasteiger partial charge in [0.05, 0.1) is 0 Å². The van der Waals surface area contributed by atoms with Gasteiger partial charge in [-0.15, -0.1) is 0 Å². The number of nitrogens with one attached hydrogen (secondary N) is 1. The summed E-state index contributed by atoms with van der Waals surface area (Å²) in [6.07, 6.45) is 7.33. The maximum Gasteiger partial charge on any atom is 0.223 e. The zero-order valence-corrected chi connectivity index (χ0v) is 12.0. The standard InChI is InChI=1S/C15H28N2O/c1-12-6-5-9-17(11-12)13(2)10-16-15(18)14-7-3-4-8-14/h12-14H,3-11H2,1-2H3,(H,16,18)/t12-,13+/m1/s1. The van der Waals surface area contributed by atoms with E-state index in [4.69, 9.17) is 0 Å². The van der Waals surface area contributed by atoms with Gasteiger partial charge < -0.3 is 5.32 Å². The van der Waals surface area contributed by atoms with Crippen molar-refractivity contribution in [2.24, 2.45) is 11.8 Å². The lowest BCUT2D eigenvalue weighted by molar-refractivity contribution is -0.125. The van der Waals surface area contributed by atoms with Crippen molar-refractivity contribution in [1.29, 1.82) is 0 Å². The highest BCUT2D eigenvalue weighted by molar-refractivity contribution is 5.78. The predicted octanol–water partition coefficient (Wildman–Crippen LogP) is 2.41. The molecule has 1 heterocycles. The van der Waals surface area contributed by atoms with Crippen LogP contribution in [0, 0.1) is 11.8 Å². The molecule has 2 fully saturated rings. The van der Waals surface area contributed by atoms with Crippen molar-refractivity contribution >= 4 is 5.91 Å². The zero-order chi connectivity index (χ0) is 13.0. The molecule has 3 heteroatoms. The van der Waals surface area contributed by atoms with Gasteiger partial charge in [-0.1, -0.05) is 19.8 Å². The van der Waals surface area contributed by atoms with Crippen LogP contribution in [0.4, 0.5) is 0 Å². The Balaban J connectivity index is 1.70. The fourth-order valence-electron chi connectivity index (χ4n) is 3.34. The van der Waals surface area contributed by atoms with Gasteiger partial charge in [-0.2, -0.15) is 0 Å². The first-order valence-electron chi connectivity index (χ1n) is 7.68. The summed E-state index contributed by atoms with van der Waals surface area (Å²) in [5.74, 6) is 1.41. The van der Waals surface area contributed by atoms with Crippen LogP contribution in [0.15, 0.2) is 0 Å². The summed E-state index contributed by atoms with van der Waals surface area (Å²) in [4.78, 5) is 14.5. The van der Waals surface area contributed by atoms with Crippen molar-refractivity contribution in [1.82, 2.24) is 10.2 Å². The van der Waals surface area contributed by atoms with E-state index in [9.17, 15) is 4.79 Å². The third kappa shape index (κ3) is 3.71. The number of hydrogen-bond donors (Lipinski definition) is 1. The summed E-state index contributed by atoms with van der Waals surface area (Å²) in [5, 5.41) is 3.16. The second-order valence-electron chi connectivity index (χ2n) is 6.32. The molecular formula is C15H28N2O. The Hall–Kier alpha value is -0.570. The van der Waals surface area contributed by atoms with E-state index in [-0.39, 0.29) is 0 Å². The quantitative estimate of drug-likeness (QED) is 0.833. The largest absolute Gasteiger partial charge is 0.354 e. The molecule has 0 aromatic rings. The number of amides is 1. The van der Waals surface area contributed by atoms with E-state index in [1.54, 1.807) is 0 Å². The van der Waals surface area contributed by atoms with Crippen LogP contribution in [0.1, 0.15) is 52.4 Å². The monoisotopic (exact) mass is 252 g/mol. The highest BCUT2D eigenvalue weighted by Crippen LogP contribution is 2.24. The van der Waals surface area contributed by atoms with Crippen LogP contribution >= 0.6 is 0 Å². The molecule has 1 amide bonds. The summed E-state index contributed by atoms with van der Waals surface area (Å²) in [6, 6.07) is 0.484. The van der Waals surface area contributed by atoms with E-state index in [0.29, 0.717) is 17.9 Å². The SMILES string of the molecule is C[C@@H]1CCCN([C@@H](C)CNC(=O)C2CCCC2)C1. The molecular weight excluding hydrogens is 224 g/mol. The molecule has 2 atom stereocenters. The number of carbonyl (C=O) groups is 1. The molecule has 0 aromatic heterocycles. The Bertz CT molecular complexity index is 274. The minimum absolute atomic E-state index is 0.296. The Morgan fingerprint density at radius 3 is 2.67 bits per heavy atom. The molecule has 3 nitrogen and oxygen atoms in total. The highest BCUT2D eigenvalue weighted by Gasteiger charge is 2.24. The van der Waals surface area contributed by atoms with Crippen LogP contribution in [-0.2, 0) is 4.79 Å². The van der Waals surface area contributed by atoms with Crippen LogP contribution in [0.3, 0.4) is 0 Å². The van der Waals surface area contributed by atoms with Gasteiger partial charge in [0, 0.05) is 25.0 Å². The van der Waals surface area contributed by atoms with Crippen LogP contribution in [-0.4, -0.2) is 36.5 Å². The Kier molecular flexibility index (Phi) is 5.04. The molecule has 2 rings (SSSR count). The number of hydrogen-bond acceptors (Lipinski definition) is 2. The van der Waals surface area contributed by atoms with Crippen molar-refractivity contribution in [3.05, 3.63) is 0 Å². The normalized spacial score (nSPS) is 28.2. The fourth-order valence-corrected chi connectivity index (χ4v) is 3.34. The fraction of sp³-hybridized carbons (Fsp3) is 0.933. The van der Waals surface area contributed by atoms with E-state index in [0.717, 1.165) is 25.3 Å². The molecule has 104 valence electrons. The molecule has 0 aromatic carbocycles. The lowest BCUT2D eigenvalue weighted by atomic mass is 9.99. The van der Waals surface area contributed by atoms with Gasteiger partial charge in [-0.05, 0) is 45.1 Å². The number of rotatable bonds is 4. The molecule has 0 bridgehead atoms. The summed E-state index contributed by atoms with van der Waals surface area (Å²) >= 11 is 0. The van der Waals surface area contributed by atoms with Gasteiger partial charge in [-0.25, -0.2) is 0 Å². The number of likely N-dealkylation sites (tertiary alicyclic amines) is 1. The average molecular weight is 252 g/mol. The molecule has 0 unspecified atom stereocenters. The molecule has 2 aliphatic rings. The Morgan fingerprint density at radius 1 is 1.28 bits per heavy atom. The highest BCUT2D eigenvalue weighted by atomic mass is 16.1. The van der Waals surface area contributed by atoms with E-state index < -0.39 is 0 Å². The molecule has 1 aliphatic carbocycles. The van der Waals surface area contributed by atoms with Crippen molar-refractivity contribution < 1.29 is 4.79 Å². The summed E-state index contributed by atoms with van der Waals surface area (Å²) in [5.41, 5.74) is 0. The minimum atomic E-state index is 0.296. The van der Waals surface area contributed by atoms with Gasteiger partial charge in [0.1, 0.15) is 0 Å². The van der Waals surface area contributed by atoms with Gasteiger partial charge >= 0.3 is 0 Å². The molecule has 0 radical (unpaired) electrons. The third-order valence-corrected chi connectivity index (χ3v) is 4.61.